The number of hydrogen-bond donors (Lipinski definition) is 1. The third kappa shape index (κ3) is 3.07. The van der Waals surface area contributed by atoms with Crippen molar-refractivity contribution in [1.29, 1.82) is 0 Å². The maximum Gasteiger partial charge on any atom is 0.344 e. The summed E-state index contributed by atoms with van der Waals surface area (Å²) in [6.45, 7) is 4.49. The van der Waals surface area contributed by atoms with Gasteiger partial charge in [-0.25, -0.2) is 18.4 Å². The van der Waals surface area contributed by atoms with Gasteiger partial charge >= 0.3 is 5.24 Å². The second-order valence-corrected chi connectivity index (χ2v) is 7.87. The number of aliphatic carboxylic acids is 1. The molecule has 0 radical (unpaired) electrons. The van der Waals surface area contributed by atoms with Crippen LogP contribution in [-0.2, 0) is 14.6 Å². The second kappa shape index (κ2) is 6.16. The lowest BCUT2D eigenvalue weighted by Crippen LogP contribution is -2.52. The first-order valence-corrected chi connectivity index (χ1v) is 8.51. The summed E-state index contributed by atoms with van der Waals surface area (Å²) in [5, 5.41) is 12.0. The first-order valence-electron chi connectivity index (χ1n) is 7.03. The molecule has 0 aliphatic heterocycles. The van der Waals surface area contributed by atoms with Gasteiger partial charge in [-0.2, -0.15) is 0 Å². The molecule has 1 aromatic rings. The van der Waals surface area contributed by atoms with Crippen LogP contribution in [0.25, 0.3) is 0 Å². The number of carboxylic acid groups (broad SMARTS) is 1. The van der Waals surface area contributed by atoms with Crippen molar-refractivity contribution in [3.8, 4) is 0 Å². The summed E-state index contributed by atoms with van der Waals surface area (Å²) in [4.78, 5) is 31.4. The van der Waals surface area contributed by atoms with Gasteiger partial charge in [0.15, 0.2) is 0 Å². The minimum Gasteiger partial charge on any atom is -0.549 e. The molecule has 0 saturated heterocycles. The number of anilines is 1. The number of carbonyl (C=O) groups excluding carboxylic acids is 2. The zero-order valence-electron chi connectivity index (χ0n) is 13.3. The maximum atomic E-state index is 12.7. The van der Waals surface area contributed by atoms with Crippen LogP contribution in [0.4, 0.5) is 10.7 Å². The molecule has 1 N–H and O–H groups in total. The number of hydrogen-bond acceptors (Lipinski definition) is 7. The van der Waals surface area contributed by atoms with Crippen molar-refractivity contribution in [1.82, 2.24) is 9.97 Å². The van der Waals surface area contributed by atoms with Crippen molar-refractivity contribution in [2.45, 2.75) is 25.5 Å². The van der Waals surface area contributed by atoms with E-state index >= 15 is 0 Å². The highest BCUT2D eigenvalue weighted by molar-refractivity contribution is 8.07. The summed E-state index contributed by atoms with van der Waals surface area (Å²) in [6, 6.07) is 1.66. The number of amides is 1. The number of allylic oxidation sites excluding steroid dienone is 2. The molecule has 1 aliphatic carbocycles. The number of aromatic nitrogens is 2. The number of nitrogens with zero attached hydrogens (tertiary/aromatic N) is 2. The van der Waals surface area contributed by atoms with Crippen molar-refractivity contribution in [2.75, 3.05) is 5.32 Å². The Hall–Kier alpha value is -2.55. The molecule has 0 spiro atoms. The fourth-order valence-electron chi connectivity index (χ4n) is 2.43. The fraction of sp³-hybridized carbons (Fsp3) is 0.333. The van der Waals surface area contributed by atoms with Gasteiger partial charge in [0, 0.05) is 17.3 Å². The zero-order chi connectivity index (χ0) is 18.1. The van der Waals surface area contributed by atoms with Crippen LogP contribution in [0, 0.1) is 19.8 Å². The molecular weight excluding hydrogens is 334 g/mol. The average Bonchev–Trinajstić information content (AvgIpc) is 2.45. The van der Waals surface area contributed by atoms with E-state index in [1.54, 1.807) is 19.9 Å². The van der Waals surface area contributed by atoms with Gasteiger partial charge in [0.05, 0.1) is 5.97 Å². The van der Waals surface area contributed by atoms with E-state index in [0.29, 0.717) is 11.4 Å². The summed E-state index contributed by atoms with van der Waals surface area (Å²) in [6.07, 6.45) is 5.10. The predicted molar refractivity (Wildman–Crippen MR) is 84.6 cm³/mol. The Morgan fingerprint density at radius 2 is 1.79 bits per heavy atom. The number of rotatable bonds is 3. The number of carboxylic acids is 1. The quantitative estimate of drug-likeness (QED) is 0.829. The van der Waals surface area contributed by atoms with Gasteiger partial charge < -0.3 is 9.90 Å². The summed E-state index contributed by atoms with van der Waals surface area (Å²) >= 11 is 0. The zero-order valence-corrected chi connectivity index (χ0v) is 14.1. The summed E-state index contributed by atoms with van der Waals surface area (Å²) in [7, 11) is -4.57. The molecule has 9 heteroatoms. The molecule has 0 bridgehead atoms. The van der Waals surface area contributed by atoms with E-state index in [1.807, 2.05) is 0 Å². The second-order valence-electron chi connectivity index (χ2n) is 5.61. The lowest BCUT2D eigenvalue weighted by Gasteiger charge is -2.34. The van der Waals surface area contributed by atoms with Gasteiger partial charge in [0.25, 0.3) is 0 Å². The minimum atomic E-state index is -4.57. The molecule has 0 fully saturated rings. The SMILES string of the molecule is Cc1cc(C)nc(NC(=O)S(=O)(=O)C2(C)C=CC=CC2C(=O)[O-])n1. The molecule has 1 heterocycles. The normalized spacial score (nSPS) is 23.0. The van der Waals surface area contributed by atoms with Crippen molar-refractivity contribution in [2.24, 2.45) is 5.92 Å². The summed E-state index contributed by atoms with van der Waals surface area (Å²) in [5.41, 5.74) is 1.10. The number of carbonyl (C=O) groups is 2. The van der Waals surface area contributed by atoms with Crippen molar-refractivity contribution in [3.63, 3.8) is 0 Å². The molecule has 1 aliphatic rings. The van der Waals surface area contributed by atoms with E-state index in [2.05, 4.69) is 15.3 Å². The molecular formula is C15H16N3O5S-. The largest absolute Gasteiger partial charge is 0.549 e. The Kier molecular flexibility index (Phi) is 4.57. The molecule has 8 nitrogen and oxygen atoms in total. The smallest absolute Gasteiger partial charge is 0.344 e. The van der Waals surface area contributed by atoms with E-state index in [4.69, 9.17) is 0 Å². The van der Waals surface area contributed by atoms with Crippen LogP contribution in [0.3, 0.4) is 0 Å². The van der Waals surface area contributed by atoms with Crippen molar-refractivity contribution >= 4 is 27.0 Å². The van der Waals surface area contributed by atoms with Gasteiger partial charge in [0.1, 0.15) is 4.75 Å². The highest BCUT2D eigenvalue weighted by atomic mass is 32.2. The minimum absolute atomic E-state index is 0.162. The van der Waals surface area contributed by atoms with Crippen LogP contribution in [-0.4, -0.2) is 34.3 Å². The van der Waals surface area contributed by atoms with E-state index in [1.165, 1.54) is 18.2 Å². The predicted octanol–water partition coefficient (Wildman–Crippen LogP) is 0.291. The van der Waals surface area contributed by atoms with Gasteiger partial charge in [-0.3, -0.25) is 10.1 Å². The van der Waals surface area contributed by atoms with Crippen molar-refractivity contribution in [3.05, 3.63) is 41.8 Å². The van der Waals surface area contributed by atoms with Crippen LogP contribution < -0.4 is 10.4 Å². The van der Waals surface area contributed by atoms with E-state index in [0.717, 1.165) is 13.0 Å². The molecule has 0 saturated carbocycles. The Morgan fingerprint density at radius 1 is 1.21 bits per heavy atom. The third-order valence-electron chi connectivity index (χ3n) is 3.73. The molecule has 1 aromatic heterocycles. The Morgan fingerprint density at radius 3 is 2.33 bits per heavy atom. The lowest BCUT2D eigenvalue weighted by molar-refractivity contribution is -0.310. The molecule has 24 heavy (non-hydrogen) atoms. The van der Waals surface area contributed by atoms with E-state index in [9.17, 15) is 23.1 Å². The molecule has 2 unspecified atom stereocenters. The molecule has 0 aromatic carbocycles. The van der Waals surface area contributed by atoms with Crippen molar-refractivity contribution < 1.29 is 23.1 Å². The summed E-state index contributed by atoms with van der Waals surface area (Å²) in [5.74, 6) is -3.24. The Balaban J connectivity index is 2.38. The number of aryl methyl sites for hydroxylation is 2. The standard InChI is InChI=1S/C15H17N3O5S/c1-9-8-10(2)17-13(16-9)18-14(21)24(22,23)15(3)7-5-4-6-11(15)12(19)20/h4-8,11H,1-3H3,(H,19,20)(H,16,17,18,21)/p-1. The molecule has 2 rings (SSSR count). The van der Waals surface area contributed by atoms with Gasteiger partial charge in [-0.15, -0.1) is 0 Å². The Bertz CT molecular complexity index is 840. The molecule has 2 atom stereocenters. The van der Waals surface area contributed by atoms with E-state index in [-0.39, 0.29) is 5.95 Å². The van der Waals surface area contributed by atoms with E-state index < -0.39 is 31.7 Å². The van der Waals surface area contributed by atoms with Gasteiger partial charge in [-0.05, 0) is 26.8 Å². The maximum absolute atomic E-state index is 12.7. The lowest BCUT2D eigenvalue weighted by atomic mass is 9.89. The van der Waals surface area contributed by atoms with Crippen LogP contribution in [0.2, 0.25) is 0 Å². The fourth-order valence-corrected chi connectivity index (χ4v) is 3.82. The topological polar surface area (TPSA) is 129 Å². The van der Waals surface area contributed by atoms with Crippen LogP contribution >= 0.6 is 0 Å². The molecule has 1 amide bonds. The van der Waals surface area contributed by atoms with Crippen LogP contribution in [0.5, 0.6) is 0 Å². The number of nitrogens with one attached hydrogen (secondary N) is 1. The number of sulfone groups is 1. The van der Waals surface area contributed by atoms with Crippen LogP contribution in [0.15, 0.2) is 30.4 Å². The molecule has 128 valence electrons. The highest BCUT2D eigenvalue weighted by Gasteiger charge is 2.49. The first kappa shape index (κ1) is 17.8. The first-order chi connectivity index (χ1) is 11.1. The average molecular weight is 350 g/mol. The highest BCUT2D eigenvalue weighted by Crippen LogP contribution is 2.33. The van der Waals surface area contributed by atoms with Crippen LogP contribution in [0.1, 0.15) is 18.3 Å². The third-order valence-corrected chi connectivity index (χ3v) is 5.87. The monoisotopic (exact) mass is 350 g/mol. The Labute approximate surface area is 139 Å². The summed E-state index contributed by atoms with van der Waals surface area (Å²) < 4.78 is 23.3. The van der Waals surface area contributed by atoms with Gasteiger partial charge in [-0.1, -0.05) is 24.3 Å². The van der Waals surface area contributed by atoms with Gasteiger partial charge in [0.2, 0.25) is 15.8 Å².